The number of hydrogen-bond acceptors (Lipinski definition) is 7. The lowest BCUT2D eigenvalue weighted by Crippen LogP contribution is -2.40. The second-order valence-corrected chi connectivity index (χ2v) is 13.4. The predicted octanol–water partition coefficient (Wildman–Crippen LogP) is 6.14. The second kappa shape index (κ2) is 12.9. The van der Waals surface area contributed by atoms with Gasteiger partial charge < -0.3 is 10.2 Å². The first-order valence-corrected chi connectivity index (χ1v) is 16.4. The number of amides is 1. The highest BCUT2D eigenvalue weighted by atomic mass is 32.1. The van der Waals surface area contributed by atoms with E-state index in [1.807, 2.05) is 54.6 Å². The van der Waals surface area contributed by atoms with Crippen molar-refractivity contribution >= 4 is 40.4 Å². The van der Waals surface area contributed by atoms with Crippen LogP contribution < -0.4 is 25.1 Å². The first-order chi connectivity index (χ1) is 22.1. The largest absolute Gasteiger partial charge is 0.371 e. The molecule has 0 saturated carbocycles. The van der Waals surface area contributed by atoms with Crippen LogP contribution in [0.15, 0.2) is 93.9 Å². The Kier molecular flexibility index (Phi) is 8.73. The number of hydrogen-bond donors (Lipinski definition) is 1. The lowest BCUT2D eigenvalue weighted by Gasteiger charge is -2.33. The van der Waals surface area contributed by atoms with Crippen molar-refractivity contribution in [2.24, 2.45) is 10.9 Å². The van der Waals surface area contributed by atoms with Gasteiger partial charge in [0.25, 0.3) is 17.2 Å². The summed E-state index contributed by atoms with van der Waals surface area (Å²) in [4.78, 5) is 47.0. The van der Waals surface area contributed by atoms with Crippen LogP contribution in [0.4, 0.5) is 17.1 Å². The fourth-order valence-electron chi connectivity index (χ4n) is 6.16. The molecule has 236 valence electrons. The number of nitro groups is 1. The lowest BCUT2D eigenvalue weighted by atomic mass is 9.93. The Labute approximate surface area is 271 Å². The monoisotopic (exact) mass is 635 g/mol. The Balaban J connectivity index is 1.50. The lowest BCUT2D eigenvalue weighted by molar-refractivity contribution is -0.384. The molecular formula is C36H37N5O4S. The van der Waals surface area contributed by atoms with Crippen LogP contribution in [0.2, 0.25) is 0 Å². The zero-order chi connectivity index (χ0) is 32.5. The minimum Gasteiger partial charge on any atom is -0.371 e. The summed E-state index contributed by atoms with van der Waals surface area (Å²) in [5, 5.41) is 14.7. The number of carbonyl (C=O) groups is 1. The zero-order valence-electron chi connectivity index (χ0n) is 26.4. The van der Waals surface area contributed by atoms with Crippen LogP contribution >= 0.6 is 11.3 Å². The molecule has 3 heterocycles. The third kappa shape index (κ3) is 6.17. The van der Waals surface area contributed by atoms with Gasteiger partial charge in [-0.2, -0.15) is 0 Å². The molecule has 0 radical (unpaired) electrons. The van der Waals surface area contributed by atoms with Crippen molar-refractivity contribution in [1.82, 2.24) is 4.57 Å². The third-order valence-corrected chi connectivity index (χ3v) is 9.83. The minimum atomic E-state index is -0.712. The number of allylic oxidation sites excluding steroid dienone is 1. The first kappa shape index (κ1) is 31.2. The van der Waals surface area contributed by atoms with Crippen molar-refractivity contribution in [1.29, 1.82) is 0 Å². The van der Waals surface area contributed by atoms with Crippen LogP contribution in [0.25, 0.3) is 6.08 Å². The quantitative estimate of drug-likeness (QED) is 0.194. The van der Waals surface area contributed by atoms with Crippen LogP contribution in [0, 0.1) is 16.0 Å². The van der Waals surface area contributed by atoms with Gasteiger partial charge in [0.05, 0.1) is 26.8 Å². The first-order valence-electron chi connectivity index (χ1n) is 15.6. The number of piperidine rings is 1. The number of carbonyl (C=O) groups excluding carboxylic acids is 1. The number of benzene rings is 3. The Morgan fingerprint density at radius 3 is 2.41 bits per heavy atom. The number of nitrogens with one attached hydrogen (secondary N) is 1. The van der Waals surface area contributed by atoms with E-state index in [4.69, 9.17) is 4.99 Å². The van der Waals surface area contributed by atoms with Gasteiger partial charge in [0.1, 0.15) is 0 Å². The SMILES string of the molecule is CC1=C(C(=O)Nc2ccccc2)[C@@H](c2ccc(C(C)C)cc2)n2c(s/c(=C/c3cc([N+](=O)[O-])ccc3N3CCC(C)CC3)c2=O)=N1. The van der Waals surface area contributed by atoms with Gasteiger partial charge in [0, 0.05) is 42.2 Å². The summed E-state index contributed by atoms with van der Waals surface area (Å²) in [6, 6.07) is 21.4. The summed E-state index contributed by atoms with van der Waals surface area (Å²) in [5.41, 5.74) is 4.64. The van der Waals surface area contributed by atoms with Gasteiger partial charge in [-0.25, -0.2) is 4.99 Å². The predicted molar refractivity (Wildman–Crippen MR) is 183 cm³/mol. The van der Waals surface area contributed by atoms with E-state index >= 15 is 0 Å². The van der Waals surface area contributed by atoms with E-state index in [1.165, 1.54) is 23.5 Å². The molecular weight excluding hydrogens is 598 g/mol. The van der Waals surface area contributed by atoms with E-state index in [9.17, 15) is 19.7 Å². The number of rotatable bonds is 7. The molecule has 3 aromatic carbocycles. The summed E-state index contributed by atoms with van der Waals surface area (Å²) in [5.74, 6) is 0.605. The highest BCUT2D eigenvalue weighted by Crippen LogP contribution is 2.33. The molecule has 0 unspecified atom stereocenters. The molecule has 0 bridgehead atoms. The van der Waals surface area contributed by atoms with Crippen molar-refractivity contribution in [2.75, 3.05) is 23.3 Å². The van der Waals surface area contributed by atoms with E-state index in [-0.39, 0.29) is 17.2 Å². The molecule has 1 fully saturated rings. The van der Waals surface area contributed by atoms with Crippen LogP contribution in [-0.4, -0.2) is 28.5 Å². The topological polar surface area (TPSA) is 110 Å². The molecule has 1 N–H and O–H groups in total. The molecule has 2 aliphatic heterocycles. The zero-order valence-corrected chi connectivity index (χ0v) is 27.2. The Morgan fingerprint density at radius 2 is 1.76 bits per heavy atom. The van der Waals surface area contributed by atoms with Crippen LogP contribution in [-0.2, 0) is 4.79 Å². The molecule has 1 aromatic heterocycles. The molecule has 9 nitrogen and oxygen atoms in total. The summed E-state index contributed by atoms with van der Waals surface area (Å²) in [7, 11) is 0. The Hall–Kier alpha value is -4.83. The van der Waals surface area contributed by atoms with E-state index in [2.05, 4.69) is 31.0 Å². The minimum absolute atomic E-state index is 0.0352. The van der Waals surface area contributed by atoms with Crippen molar-refractivity contribution in [3.05, 3.63) is 131 Å². The summed E-state index contributed by atoms with van der Waals surface area (Å²) >= 11 is 1.23. The smallest absolute Gasteiger partial charge is 0.271 e. The van der Waals surface area contributed by atoms with Crippen molar-refractivity contribution in [3.63, 3.8) is 0 Å². The maximum absolute atomic E-state index is 14.3. The average molecular weight is 636 g/mol. The molecule has 1 saturated heterocycles. The fraction of sp³-hybridized carbons (Fsp3) is 0.306. The molecule has 46 heavy (non-hydrogen) atoms. The number of nitro benzene ring substituents is 1. The number of para-hydroxylation sites is 1. The summed E-state index contributed by atoms with van der Waals surface area (Å²) < 4.78 is 1.99. The normalized spacial score (nSPS) is 17.2. The number of thiazole rings is 1. The van der Waals surface area contributed by atoms with Crippen molar-refractivity contribution in [3.8, 4) is 0 Å². The summed E-state index contributed by atoms with van der Waals surface area (Å²) in [6.45, 7) is 9.95. The van der Waals surface area contributed by atoms with E-state index in [0.29, 0.717) is 43.7 Å². The Bertz CT molecular complexity index is 2000. The van der Waals surface area contributed by atoms with Gasteiger partial charge >= 0.3 is 0 Å². The van der Waals surface area contributed by atoms with E-state index in [0.717, 1.165) is 42.7 Å². The van der Waals surface area contributed by atoms with Gasteiger partial charge in [0.15, 0.2) is 4.80 Å². The van der Waals surface area contributed by atoms with Gasteiger partial charge in [0.2, 0.25) is 0 Å². The fourth-order valence-corrected chi connectivity index (χ4v) is 7.20. The van der Waals surface area contributed by atoms with Crippen molar-refractivity contribution < 1.29 is 9.72 Å². The summed E-state index contributed by atoms with van der Waals surface area (Å²) in [6.07, 6.45) is 3.80. The highest BCUT2D eigenvalue weighted by molar-refractivity contribution is 7.07. The van der Waals surface area contributed by atoms with Crippen LogP contribution in [0.3, 0.4) is 0 Å². The maximum atomic E-state index is 14.3. The van der Waals surface area contributed by atoms with Gasteiger partial charge in [-0.05, 0) is 67.0 Å². The average Bonchev–Trinajstić information content (AvgIpc) is 3.34. The van der Waals surface area contributed by atoms with Gasteiger partial charge in [-0.1, -0.05) is 74.6 Å². The van der Waals surface area contributed by atoms with Crippen LogP contribution in [0.1, 0.15) is 69.2 Å². The second-order valence-electron chi connectivity index (χ2n) is 12.4. The molecule has 1 amide bonds. The molecule has 0 spiro atoms. The van der Waals surface area contributed by atoms with Crippen LogP contribution in [0.5, 0.6) is 0 Å². The van der Waals surface area contributed by atoms with Gasteiger partial charge in [-0.15, -0.1) is 0 Å². The molecule has 1 atom stereocenters. The molecule has 0 aliphatic carbocycles. The van der Waals surface area contributed by atoms with E-state index in [1.54, 1.807) is 23.6 Å². The molecule has 4 aromatic rings. The van der Waals surface area contributed by atoms with E-state index < -0.39 is 11.0 Å². The maximum Gasteiger partial charge on any atom is 0.271 e. The molecule has 6 rings (SSSR count). The number of fused-ring (bicyclic) bond motifs is 1. The third-order valence-electron chi connectivity index (χ3n) is 8.85. The van der Waals surface area contributed by atoms with Gasteiger partial charge in [-0.3, -0.25) is 24.3 Å². The molecule has 10 heteroatoms. The highest BCUT2D eigenvalue weighted by Gasteiger charge is 2.33. The number of anilines is 2. The Morgan fingerprint density at radius 1 is 1.07 bits per heavy atom. The molecule has 2 aliphatic rings. The standard InChI is InChI=1S/C36H37N5O4S/c1-22(2)25-10-12-26(13-11-25)33-32(34(42)38-28-8-6-5-7-9-28)24(4)37-36-40(33)35(43)31(46-36)21-27-20-29(41(44)45)14-15-30(27)39-18-16-23(3)17-19-39/h5-15,20-23,33H,16-19H2,1-4H3,(H,38,42)/b31-21+/t33-/m1/s1. The number of non-ortho nitro benzene ring substituents is 1. The number of aromatic nitrogens is 1. The number of nitrogens with zero attached hydrogens (tertiary/aromatic N) is 4. The van der Waals surface area contributed by atoms with Crippen molar-refractivity contribution in [2.45, 2.75) is 52.5 Å².